The Hall–Kier alpha value is -1.43. The van der Waals surface area contributed by atoms with Crippen LogP contribution in [-0.4, -0.2) is 22.6 Å². The number of H-pyrrole nitrogens is 1. The topological polar surface area (TPSA) is 66.9 Å². The zero-order valence-corrected chi connectivity index (χ0v) is 11.0. The predicted molar refractivity (Wildman–Crippen MR) is 70.7 cm³/mol. The average Bonchev–Trinajstić information content (AvgIpc) is 2.41. The first-order valence-electron chi connectivity index (χ1n) is 6.87. The molecular weight excluding hydrogens is 249 g/mol. The third-order valence-electron chi connectivity index (χ3n) is 3.65. The summed E-state index contributed by atoms with van der Waals surface area (Å²) in [7, 11) is 0. The molecule has 0 aromatic carbocycles. The molecule has 1 saturated carbocycles. The van der Waals surface area contributed by atoms with Crippen molar-refractivity contribution < 1.29 is 4.39 Å². The van der Waals surface area contributed by atoms with Gasteiger partial charge in [-0.3, -0.25) is 14.3 Å². The molecule has 1 aliphatic carbocycles. The Morgan fingerprint density at radius 1 is 1.32 bits per heavy atom. The van der Waals surface area contributed by atoms with Crippen molar-refractivity contribution in [3.8, 4) is 0 Å². The summed E-state index contributed by atoms with van der Waals surface area (Å²) in [5.74, 6) is -0.204. The Labute approximate surface area is 110 Å². The average molecular weight is 269 g/mol. The number of nitrogens with one attached hydrogen (secondary N) is 2. The second-order valence-corrected chi connectivity index (χ2v) is 5.14. The standard InChI is InChI=1S/C13H20FN3O2/c14-11-9-17(13(19)16-12(11)18)7-6-15-8-10-4-2-1-3-5-10/h9-10,15H,1-8H2,(H,16,18,19). The van der Waals surface area contributed by atoms with E-state index in [2.05, 4.69) is 5.32 Å². The fraction of sp³-hybridized carbons (Fsp3) is 0.692. The maximum Gasteiger partial charge on any atom is 0.328 e. The highest BCUT2D eigenvalue weighted by Gasteiger charge is 2.12. The number of hydrogen-bond donors (Lipinski definition) is 2. The van der Waals surface area contributed by atoms with Crippen LogP contribution in [0.5, 0.6) is 0 Å². The minimum absolute atomic E-state index is 0.360. The van der Waals surface area contributed by atoms with Crippen molar-refractivity contribution in [2.45, 2.75) is 38.6 Å². The van der Waals surface area contributed by atoms with Crippen LogP contribution < -0.4 is 16.6 Å². The van der Waals surface area contributed by atoms with Crippen LogP contribution in [0.1, 0.15) is 32.1 Å². The van der Waals surface area contributed by atoms with Gasteiger partial charge in [0.2, 0.25) is 5.82 Å². The lowest BCUT2D eigenvalue weighted by Gasteiger charge is -2.21. The second kappa shape index (κ2) is 6.65. The smallest absolute Gasteiger partial charge is 0.315 e. The molecular formula is C13H20FN3O2. The van der Waals surface area contributed by atoms with Crippen molar-refractivity contribution in [2.75, 3.05) is 13.1 Å². The van der Waals surface area contributed by atoms with Gasteiger partial charge in [-0.1, -0.05) is 19.3 Å². The Morgan fingerprint density at radius 3 is 2.79 bits per heavy atom. The maximum atomic E-state index is 13.0. The number of aromatic nitrogens is 2. The van der Waals surface area contributed by atoms with Crippen molar-refractivity contribution in [3.63, 3.8) is 0 Å². The molecule has 0 radical (unpaired) electrons. The molecule has 0 aliphatic heterocycles. The highest BCUT2D eigenvalue weighted by Crippen LogP contribution is 2.22. The summed E-state index contributed by atoms with van der Waals surface area (Å²) in [6.07, 6.45) is 7.43. The summed E-state index contributed by atoms with van der Waals surface area (Å²) in [6, 6.07) is 0. The van der Waals surface area contributed by atoms with Crippen molar-refractivity contribution in [1.82, 2.24) is 14.9 Å². The number of hydrogen-bond acceptors (Lipinski definition) is 3. The first-order chi connectivity index (χ1) is 9.16. The number of nitrogens with zero attached hydrogens (tertiary/aromatic N) is 1. The molecule has 1 aromatic heterocycles. The minimum Gasteiger partial charge on any atom is -0.315 e. The van der Waals surface area contributed by atoms with E-state index in [0.29, 0.717) is 13.1 Å². The molecule has 1 aliphatic rings. The van der Waals surface area contributed by atoms with E-state index in [9.17, 15) is 14.0 Å². The third-order valence-corrected chi connectivity index (χ3v) is 3.65. The molecule has 0 unspecified atom stereocenters. The van der Waals surface area contributed by atoms with Crippen LogP contribution in [0.3, 0.4) is 0 Å². The molecule has 106 valence electrons. The summed E-state index contributed by atoms with van der Waals surface area (Å²) in [4.78, 5) is 24.2. The fourth-order valence-electron chi connectivity index (χ4n) is 2.55. The van der Waals surface area contributed by atoms with Gasteiger partial charge in [0.25, 0.3) is 5.56 Å². The Morgan fingerprint density at radius 2 is 2.05 bits per heavy atom. The summed E-state index contributed by atoms with van der Waals surface area (Å²) in [5.41, 5.74) is -1.53. The molecule has 0 spiro atoms. The SMILES string of the molecule is O=c1[nH]c(=O)n(CCNCC2CCCCC2)cc1F. The summed E-state index contributed by atoms with van der Waals surface area (Å²) in [5, 5.41) is 3.29. The lowest BCUT2D eigenvalue weighted by Crippen LogP contribution is -2.35. The summed E-state index contributed by atoms with van der Waals surface area (Å²) in [6.45, 7) is 1.90. The molecule has 6 heteroatoms. The van der Waals surface area contributed by atoms with E-state index >= 15 is 0 Å². The molecule has 0 amide bonds. The van der Waals surface area contributed by atoms with E-state index in [1.54, 1.807) is 0 Å². The largest absolute Gasteiger partial charge is 0.328 e. The van der Waals surface area contributed by atoms with Gasteiger partial charge in [0.05, 0.1) is 6.20 Å². The molecule has 0 saturated heterocycles. The predicted octanol–water partition coefficient (Wildman–Crippen LogP) is 0.846. The van der Waals surface area contributed by atoms with E-state index in [-0.39, 0.29) is 0 Å². The van der Waals surface area contributed by atoms with Gasteiger partial charge in [-0.15, -0.1) is 0 Å². The quantitative estimate of drug-likeness (QED) is 0.779. The lowest BCUT2D eigenvalue weighted by atomic mass is 9.89. The molecule has 1 heterocycles. The number of aromatic amines is 1. The normalized spacial score (nSPS) is 16.7. The Kier molecular flexibility index (Phi) is 4.90. The monoisotopic (exact) mass is 269 g/mol. The Bertz CT molecular complexity index is 517. The van der Waals surface area contributed by atoms with Gasteiger partial charge in [-0.25, -0.2) is 4.79 Å². The van der Waals surface area contributed by atoms with Gasteiger partial charge in [-0.2, -0.15) is 4.39 Å². The Balaban J connectivity index is 1.78. The first kappa shape index (κ1) is 14.0. The molecule has 0 bridgehead atoms. The van der Waals surface area contributed by atoms with Crippen LogP contribution in [-0.2, 0) is 6.54 Å². The molecule has 1 fully saturated rings. The molecule has 0 atom stereocenters. The van der Waals surface area contributed by atoms with Crippen molar-refractivity contribution in [2.24, 2.45) is 5.92 Å². The fourth-order valence-corrected chi connectivity index (χ4v) is 2.55. The van der Waals surface area contributed by atoms with Crippen LogP contribution >= 0.6 is 0 Å². The second-order valence-electron chi connectivity index (χ2n) is 5.14. The van der Waals surface area contributed by atoms with Gasteiger partial charge >= 0.3 is 5.69 Å². The van der Waals surface area contributed by atoms with Crippen molar-refractivity contribution in [1.29, 1.82) is 0 Å². The van der Waals surface area contributed by atoms with Gasteiger partial charge in [0, 0.05) is 13.1 Å². The highest BCUT2D eigenvalue weighted by atomic mass is 19.1. The van der Waals surface area contributed by atoms with Crippen LogP contribution in [0.15, 0.2) is 15.8 Å². The summed E-state index contributed by atoms with van der Waals surface area (Å²) < 4.78 is 14.2. The molecule has 1 aromatic rings. The van der Waals surface area contributed by atoms with E-state index in [1.807, 2.05) is 4.98 Å². The van der Waals surface area contributed by atoms with Crippen LogP contribution in [0, 0.1) is 11.7 Å². The van der Waals surface area contributed by atoms with E-state index in [4.69, 9.17) is 0 Å². The molecule has 2 N–H and O–H groups in total. The zero-order chi connectivity index (χ0) is 13.7. The summed E-state index contributed by atoms with van der Waals surface area (Å²) >= 11 is 0. The minimum atomic E-state index is -0.962. The van der Waals surface area contributed by atoms with E-state index in [0.717, 1.165) is 18.7 Å². The van der Waals surface area contributed by atoms with Gasteiger partial charge < -0.3 is 5.32 Å². The van der Waals surface area contributed by atoms with E-state index in [1.165, 1.54) is 36.7 Å². The number of halogens is 1. The molecule has 5 nitrogen and oxygen atoms in total. The molecule has 2 rings (SSSR count). The zero-order valence-electron chi connectivity index (χ0n) is 11.0. The van der Waals surface area contributed by atoms with Crippen molar-refractivity contribution in [3.05, 3.63) is 32.9 Å². The highest BCUT2D eigenvalue weighted by molar-refractivity contribution is 4.87. The third kappa shape index (κ3) is 4.02. The number of rotatable bonds is 5. The maximum absolute atomic E-state index is 13.0. The van der Waals surface area contributed by atoms with Gasteiger partial charge in [-0.05, 0) is 25.3 Å². The van der Waals surface area contributed by atoms with Gasteiger partial charge in [0.15, 0.2) is 0 Å². The van der Waals surface area contributed by atoms with Gasteiger partial charge in [0.1, 0.15) is 0 Å². The van der Waals surface area contributed by atoms with Crippen LogP contribution in [0.25, 0.3) is 0 Å². The van der Waals surface area contributed by atoms with Crippen LogP contribution in [0.2, 0.25) is 0 Å². The first-order valence-corrected chi connectivity index (χ1v) is 6.87. The van der Waals surface area contributed by atoms with Crippen LogP contribution in [0.4, 0.5) is 4.39 Å². The lowest BCUT2D eigenvalue weighted by molar-refractivity contribution is 0.340. The van der Waals surface area contributed by atoms with Crippen molar-refractivity contribution >= 4 is 0 Å². The van der Waals surface area contributed by atoms with E-state index < -0.39 is 17.1 Å². The molecule has 19 heavy (non-hydrogen) atoms.